The molecule has 1 fully saturated rings. The van der Waals surface area contributed by atoms with Gasteiger partial charge in [-0.2, -0.15) is 0 Å². The van der Waals surface area contributed by atoms with Crippen LogP contribution >= 0.6 is 27.5 Å². The van der Waals surface area contributed by atoms with Crippen molar-refractivity contribution in [3.8, 4) is 11.1 Å². The predicted molar refractivity (Wildman–Crippen MR) is 137 cm³/mol. The average Bonchev–Trinajstić information content (AvgIpc) is 3.10. The van der Waals surface area contributed by atoms with Crippen molar-refractivity contribution in [1.29, 1.82) is 0 Å². The molecular weight excluding hydrogens is 486 g/mol. The second-order valence-corrected chi connectivity index (χ2v) is 9.75. The summed E-state index contributed by atoms with van der Waals surface area (Å²) in [5.41, 5.74) is 5.90. The zero-order valence-electron chi connectivity index (χ0n) is 18.9. The van der Waals surface area contributed by atoms with Crippen molar-refractivity contribution >= 4 is 39.1 Å². The monoisotopic (exact) mass is 513 g/mol. The Balaban J connectivity index is 1.66. The third kappa shape index (κ3) is 4.46. The number of hydrogen-bond donors (Lipinski definition) is 0. The highest BCUT2D eigenvalue weighted by Gasteiger charge is 2.25. The van der Waals surface area contributed by atoms with Crippen molar-refractivity contribution in [2.75, 3.05) is 25.0 Å². The molecule has 1 aliphatic rings. The first-order valence-corrected chi connectivity index (χ1v) is 12.2. The number of rotatable bonds is 5. The number of anilines is 1. The highest BCUT2D eigenvalue weighted by molar-refractivity contribution is 9.10. The molecule has 2 aromatic carbocycles. The van der Waals surface area contributed by atoms with Crippen LogP contribution in [0.4, 0.5) is 5.69 Å². The molecule has 1 aromatic heterocycles. The molecule has 1 saturated heterocycles. The van der Waals surface area contributed by atoms with E-state index in [0.29, 0.717) is 17.1 Å². The van der Waals surface area contributed by atoms with Gasteiger partial charge in [-0.15, -0.1) is 0 Å². The first-order chi connectivity index (χ1) is 15.4. The number of aryl methyl sites for hydroxylation is 1. The molecule has 0 aliphatic carbocycles. The molecule has 3 aromatic rings. The molecule has 0 radical (unpaired) electrons. The van der Waals surface area contributed by atoms with E-state index in [9.17, 15) is 4.79 Å². The molecule has 0 spiro atoms. The molecule has 32 heavy (non-hydrogen) atoms. The minimum Gasteiger partial charge on any atom is -0.371 e. The van der Waals surface area contributed by atoms with Gasteiger partial charge in [0.05, 0.1) is 10.6 Å². The van der Waals surface area contributed by atoms with Crippen LogP contribution in [-0.4, -0.2) is 35.5 Å². The number of piperidine rings is 1. The van der Waals surface area contributed by atoms with E-state index < -0.39 is 0 Å². The minimum absolute atomic E-state index is 0.0124. The lowest BCUT2D eigenvalue weighted by Crippen LogP contribution is -2.32. The molecule has 0 N–H and O–H groups in total. The first-order valence-electron chi connectivity index (χ1n) is 11.1. The van der Waals surface area contributed by atoms with Gasteiger partial charge in [0, 0.05) is 61.3 Å². The van der Waals surface area contributed by atoms with Crippen molar-refractivity contribution in [3.05, 3.63) is 75.0 Å². The highest BCUT2D eigenvalue weighted by Crippen LogP contribution is 2.37. The van der Waals surface area contributed by atoms with E-state index in [1.807, 2.05) is 54.9 Å². The fourth-order valence-electron chi connectivity index (χ4n) is 4.52. The topological polar surface area (TPSA) is 28.5 Å². The maximum Gasteiger partial charge on any atom is 0.256 e. The van der Waals surface area contributed by atoms with Gasteiger partial charge >= 0.3 is 0 Å². The van der Waals surface area contributed by atoms with E-state index in [1.54, 1.807) is 0 Å². The number of nitrogens with zero attached hydrogens (tertiary/aromatic N) is 3. The van der Waals surface area contributed by atoms with E-state index >= 15 is 0 Å². The van der Waals surface area contributed by atoms with Crippen LogP contribution in [0.25, 0.3) is 11.1 Å². The largest absolute Gasteiger partial charge is 0.371 e. The number of para-hydroxylation sites is 1. The second-order valence-electron chi connectivity index (χ2n) is 8.55. The molecule has 0 saturated carbocycles. The van der Waals surface area contributed by atoms with Crippen molar-refractivity contribution < 1.29 is 4.79 Å². The molecule has 6 heteroatoms. The molecule has 1 amide bonds. The van der Waals surface area contributed by atoms with E-state index in [4.69, 9.17) is 11.6 Å². The van der Waals surface area contributed by atoms with Gasteiger partial charge in [0.25, 0.3) is 5.91 Å². The summed E-state index contributed by atoms with van der Waals surface area (Å²) in [6.45, 7) is 4.72. The van der Waals surface area contributed by atoms with Gasteiger partial charge in [-0.1, -0.05) is 41.9 Å². The number of halogens is 2. The third-order valence-corrected chi connectivity index (χ3v) is 7.78. The molecule has 4 rings (SSSR count). The quantitative estimate of drug-likeness (QED) is 0.380. The number of carbonyl (C=O) groups excluding carboxylic acids is 1. The van der Waals surface area contributed by atoms with E-state index in [2.05, 4.69) is 45.1 Å². The molecule has 0 bridgehead atoms. The summed E-state index contributed by atoms with van der Waals surface area (Å²) in [5, 5.41) is 0.631. The fraction of sp³-hybridized carbons (Fsp3) is 0.346. The number of carbonyl (C=O) groups is 1. The molecule has 0 atom stereocenters. The van der Waals surface area contributed by atoms with Crippen LogP contribution in [0.15, 0.2) is 53.1 Å². The Kier molecular flexibility index (Phi) is 6.96. The second kappa shape index (κ2) is 9.72. The van der Waals surface area contributed by atoms with E-state index in [0.717, 1.165) is 34.4 Å². The summed E-state index contributed by atoms with van der Waals surface area (Å²) in [6.07, 6.45) is 5.76. The third-order valence-electron chi connectivity index (χ3n) is 6.38. The maximum atomic E-state index is 13.7. The lowest BCUT2D eigenvalue weighted by Gasteiger charge is -2.31. The van der Waals surface area contributed by atoms with Gasteiger partial charge in [0.15, 0.2) is 0 Å². The summed E-state index contributed by atoms with van der Waals surface area (Å²) >= 11 is 9.96. The Morgan fingerprint density at radius 3 is 2.53 bits per heavy atom. The van der Waals surface area contributed by atoms with Crippen molar-refractivity contribution in [2.24, 2.45) is 7.05 Å². The highest BCUT2D eigenvalue weighted by atomic mass is 79.9. The zero-order chi connectivity index (χ0) is 22.8. The Morgan fingerprint density at radius 1 is 1.06 bits per heavy atom. The smallest absolute Gasteiger partial charge is 0.256 e. The Hall–Kier alpha value is -2.24. The maximum absolute atomic E-state index is 13.7. The van der Waals surface area contributed by atoms with Crippen molar-refractivity contribution in [3.63, 3.8) is 0 Å². The van der Waals surface area contributed by atoms with Crippen LogP contribution in [-0.2, 0) is 13.6 Å². The molecule has 168 valence electrons. The first kappa shape index (κ1) is 22.9. The number of amides is 1. The molecule has 2 heterocycles. The normalized spacial score (nSPS) is 14.0. The van der Waals surface area contributed by atoms with Crippen LogP contribution in [0.1, 0.15) is 40.9 Å². The Morgan fingerprint density at radius 2 is 1.78 bits per heavy atom. The van der Waals surface area contributed by atoms with Gasteiger partial charge in [-0.3, -0.25) is 4.79 Å². The van der Waals surface area contributed by atoms with E-state index in [1.165, 1.54) is 30.5 Å². The Bertz CT molecular complexity index is 1130. The minimum atomic E-state index is 0.0124. The molecule has 0 unspecified atom stereocenters. The van der Waals surface area contributed by atoms with Crippen molar-refractivity contribution in [1.82, 2.24) is 9.47 Å². The Labute approximate surface area is 203 Å². The molecule has 4 nitrogen and oxygen atoms in total. The molecular formula is C26H29BrClN3O. The van der Waals surface area contributed by atoms with Crippen LogP contribution in [0.5, 0.6) is 0 Å². The van der Waals surface area contributed by atoms with Crippen LogP contribution in [0.3, 0.4) is 0 Å². The van der Waals surface area contributed by atoms with Gasteiger partial charge in [0.2, 0.25) is 0 Å². The number of hydrogen-bond acceptors (Lipinski definition) is 2. The van der Waals surface area contributed by atoms with Crippen molar-refractivity contribution in [2.45, 2.75) is 32.7 Å². The standard InChI is InChI=1S/C26H29BrClN3O/c1-18-24(21(17-29(18)2)20-11-9-12-22(28)25(20)27)26(32)30(3)16-19-10-5-6-13-23(19)31-14-7-4-8-15-31/h5-6,9-13,17H,4,7-8,14-16H2,1-3H3. The predicted octanol–water partition coefficient (Wildman–Crippen LogP) is 6.68. The summed E-state index contributed by atoms with van der Waals surface area (Å²) < 4.78 is 2.81. The summed E-state index contributed by atoms with van der Waals surface area (Å²) in [4.78, 5) is 18.0. The van der Waals surface area contributed by atoms with Gasteiger partial charge in [-0.05, 0) is 65.4 Å². The average molecular weight is 515 g/mol. The molecule has 1 aliphatic heterocycles. The van der Waals surface area contributed by atoms with Crippen LogP contribution in [0.2, 0.25) is 5.02 Å². The van der Waals surface area contributed by atoms with Crippen LogP contribution < -0.4 is 4.90 Å². The number of aromatic nitrogens is 1. The van der Waals surface area contributed by atoms with Gasteiger partial charge < -0.3 is 14.4 Å². The fourth-order valence-corrected chi connectivity index (χ4v) is 5.17. The van der Waals surface area contributed by atoms with Crippen LogP contribution in [0, 0.1) is 6.92 Å². The number of benzene rings is 2. The lowest BCUT2D eigenvalue weighted by molar-refractivity contribution is 0.0785. The SMILES string of the molecule is Cc1c(C(=O)N(C)Cc2ccccc2N2CCCCC2)c(-c2cccc(Cl)c2Br)cn1C. The van der Waals surface area contributed by atoms with Gasteiger partial charge in [-0.25, -0.2) is 0 Å². The summed E-state index contributed by atoms with van der Waals surface area (Å²) in [6, 6.07) is 14.2. The summed E-state index contributed by atoms with van der Waals surface area (Å²) in [7, 11) is 3.86. The van der Waals surface area contributed by atoms with E-state index in [-0.39, 0.29) is 5.91 Å². The summed E-state index contributed by atoms with van der Waals surface area (Å²) in [5.74, 6) is 0.0124. The van der Waals surface area contributed by atoms with Gasteiger partial charge in [0.1, 0.15) is 0 Å². The zero-order valence-corrected chi connectivity index (χ0v) is 21.2. The lowest BCUT2D eigenvalue weighted by atomic mass is 10.0.